The average molecular weight is 308 g/mol. The molecule has 2 N–H and O–H groups in total. The quantitative estimate of drug-likeness (QED) is 0.775. The monoisotopic (exact) mass is 308 g/mol. The number of anilines is 2. The fourth-order valence-electron chi connectivity index (χ4n) is 1.63. The van der Waals surface area contributed by atoms with Crippen LogP contribution in [0.5, 0.6) is 6.01 Å². The second kappa shape index (κ2) is 7.72. The number of aromatic nitrogens is 4. The van der Waals surface area contributed by atoms with Crippen molar-refractivity contribution < 1.29 is 4.74 Å². The third-order valence-electron chi connectivity index (χ3n) is 2.59. The van der Waals surface area contributed by atoms with Crippen LogP contribution in [0.25, 0.3) is 0 Å². The third-order valence-corrected chi connectivity index (χ3v) is 3.55. The molecule has 2 aromatic rings. The molecule has 0 aromatic carbocycles. The molecule has 0 radical (unpaired) electrons. The summed E-state index contributed by atoms with van der Waals surface area (Å²) in [5, 5.41) is 9.30. The molecule has 0 fully saturated rings. The van der Waals surface area contributed by atoms with Crippen LogP contribution >= 0.6 is 11.3 Å². The fourth-order valence-corrected chi connectivity index (χ4v) is 2.28. The summed E-state index contributed by atoms with van der Waals surface area (Å²) in [5.41, 5.74) is 0. The second-order valence-electron chi connectivity index (χ2n) is 4.36. The van der Waals surface area contributed by atoms with E-state index in [0.29, 0.717) is 24.5 Å². The molecule has 0 aliphatic rings. The number of hydrogen-bond acceptors (Lipinski definition) is 8. The van der Waals surface area contributed by atoms with Crippen molar-refractivity contribution in [1.29, 1.82) is 0 Å². The molecule has 0 spiro atoms. The van der Waals surface area contributed by atoms with Crippen LogP contribution in [0.2, 0.25) is 0 Å². The second-order valence-corrected chi connectivity index (χ2v) is 5.29. The Balaban J connectivity index is 2.14. The Hall–Kier alpha value is -1.96. The molecule has 2 rings (SSSR count). The van der Waals surface area contributed by atoms with Crippen molar-refractivity contribution in [3.63, 3.8) is 0 Å². The van der Waals surface area contributed by atoms with Crippen LogP contribution in [-0.4, -0.2) is 33.1 Å². The summed E-state index contributed by atoms with van der Waals surface area (Å²) >= 11 is 1.59. The highest BCUT2D eigenvalue weighted by Crippen LogP contribution is 2.20. The Bertz CT molecular complexity index is 548. The van der Waals surface area contributed by atoms with Crippen molar-refractivity contribution >= 4 is 23.2 Å². The van der Waals surface area contributed by atoms with Crippen LogP contribution in [0.4, 0.5) is 11.9 Å². The van der Waals surface area contributed by atoms with Crippen LogP contribution in [0, 0.1) is 0 Å². The maximum absolute atomic E-state index is 5.38. The summed E-state index contributed by atoms with van der Waals surface area (Å²) in [4.78, 5) is 17.1. The SMILES string of the molecule is CCCNc1nc(NC(C)c2nccs2)nc(OCC)n1. The van der Waals surface area contributed by atoms with Crippen LogP contribution < -0.4 is 15.4 Å². The predicted molar refractivity (Wildman–Crippen MR) is 83.9 cm³/mol. The van der Waals surface area contributed by atoms with Gasteiger partial charge in [0.25, 0.3) is 0 Å². The van der Waals surface area contributed by atoms with Gasteiger partial charge >= 0.3 is 6.01 Å². The Morgan fingerprint density at radius 1 is 1.24 bits per heavy atom. The lowest BCUT2D eigenvalue weighted by atomic mass is 10.4. The zero-order valence-electron chi connectivity index (χ0n) is 12.5. The van der Waals surface area contributed by atoms with E-state index >= 15 is 0 Å². The van der Waals surface area contributed by atoms with Crippen molar-refractivity contribution in [2.24, 2.45) is 0 Å². The minimum absolute atomic E-state index is 0.0286. The molecule has 0 amide bonds. The molecule has 21 heavy (non-hydrogen) atoms. The first-order valence-corrected chi connectivity index (χ1v) is 7.89. The highest BCUT2D eigenvalue weighted by atomic mass is 32.1. The van der Waals surface area contributed by atoms with E-state index < -0.39 is 0 Å². The summed E-state index contributed by atoms with van der Waals surface area (Å²) in [6.07, 6.45) is 2.78. The largest absolute Gasteiger partial charge is 0.464 e. The van der Waals surface area contributed by atoms with Gasteiger partial charge in [0, 0.05) is 18.1 Å². The van der Waals surface area contributed by atoms with Crippen LogP contribution in [0.3, 0.4) is 0 Å². The Morgan fingerprint density at radius 3 is 2.71 bits per heavy atom. The maximum atomic E-state index is 5.38. The lowest BCUT2D eigenvalue weighted by molar-refractivity contribution is 0.312. The summed E-state index contributed by atoms with van der Waals surface area (Å²) in [6, 6.07) is 0.348. The lowest BCUT2D eigenvalue weighted by Crippen LogP contribution is -2.13. The lowest BCUT2D eigenvalue weighted by Gasteiger charge is -2.13. The highest BCUT2D eigenvalue weighted by molar-refractivity contribution is 7.09. The van der Waals surface area contributed by atoms with Crippen molar-refractivity contribution in [2.75, 3.05) is 23.8 Å². The van der Waals surface area contributed by atoms with Crippen LogP contribution in [0.1, 0.15) is 38.2 Å². The van der Waals surface area contributed by atoms with E-state index in [4.69, 9.17) is 4.74 Å². The van der Waals surface area contributed by atoms with Gasteiger partial charge in [-0.05, 0) is 20.3 Å². The van der Waals surface area contributed by atoms with Crippen molar-refractivity contribution in [3.05, 3.63) is 16.6 Å². The summed E-state index contributed by atoms with van der Waals surface area (Å²) in [7, 11) is 0. The smallest absolute Gasteiger partial charge is 0.323 e. The molecule has 1 atom stereocenters. The van der Waals surface area contributed by atoms with Crippen molar-refractivity contribution in [2.45, 2.75) is 33.2 Å². The van der Waals surface area contributed by atoms with E-state index in [1.165, 1.54) is 0 Å². The molecule has 0 saturated carbocycles. The van der Waals surface area contributed by atoms with Gasteiger partial charge in [-0.2, -0.15) is 15.0 Å². The molecular formula is C13H20N6OS. The van der Waals surface area contributed by atoms with E-state index in [9.17, 15) is 0 Å². The molecule has 1 unspecified atom stereocenters. The zero-order valence-corrected chi connectivity index (χ0v) is 13.3. The minimum atomic E-state index is 0.0286. The van der Waals surface area contributed by atoms with E-state index in [2.05, 4.69) is 37.5 Å². The number of nitrogens with one attached hydrogen (secondary N) is 2. The van der Waals surface area contributed by atoms with Crippen LogP contribution in [-0.2, 0) is 0 Å². The van der Waals surface area contributed by atoms with E-state index in [-0.39, 0.29) is 6.04 Å². The molecule has 2 aromatic heterocycles. The van der Waals surface area contributed by atoms with Gasteiger partial charge in [0.2, 0.25) is 11.9 Å². The number of ether oxygens (including phenoxy) is 1. The normalized spacial score (nSPS) is 12.0. The van der Waals surface area contributed by atoms with Gasteiger partial charge in [0.15, 0.2) is 0 Å². The molecular weight excluding hydrogens is 288 g/mol. The topological polar surface area (TPSA) is 84.9 Å². The van der Waals surface area contributed by atoms with Gasteiger partial charge in [-0.25, -0.2) is 4.98 Å². The van der Waals surface area contributed by atoms with E-state index in [0.717, 1.165) is 18.0 Å². The number of nitrogens with zero attached hydrogens (tertiary/aromatic N) is 4. The van der Waals surface area contributed by atoms with Crippen molar-refractivity contribution in [1.82, 2.24) is 19.9 Å². The van der Waals surface area contributed by atoms with Gasteiger partial charge in [-0.1, -0.05) is 6.92 Å². The molecule has 0 aliphatic heterocycles. The average Bonchev–Trinajstić information content (AvgIpc) is 2.99. The fraction of sp³-hybridized carbons (Fsp3) is 0.538. The molecule has 8 heteroatoms. The Morgan fingerprint density at radius 2 is 2.05 bits per heavy atom. The first kappa shape index (κ1) is 15.4. The summed E-state index contributed by atoms with van der Waals surface area (Å²) < 4.78 is 5.38. The number of hydrogen-bond donors (Lipinski definition) is 2. The van der Waals surface area contributed by atoms with Gasteiger partial charge in [-0.3, -0.25) is 0 Å². The molecule has 0 saturated heterocycles. The first-order valence-electron chi connectivity index (χ1n) is 7.01. The van der Waals surface area contributed by atoms with Gasteiger partial charge in [0.1, 0.15) is 5.01 Å². The first-order chi connectivity index (χ1) is 10.2. The summed E-state index contributed by atoms with van der Waals surface area (Å²) in [5.74, 6) is 0.999. The van der Waals surface area contributed by atoms with Gasteiger partial charge in [-0.15, -0.1) is 11.3 Å². The minimum Gasteiger partial charge on any atom is -0.464 e. The van der Waals surface area contributed by atoms with E-state index in [1.807, 2.05) is 19.2 Å². The third kappa shape index (κ3) is 4.52. The molecule has 114 valence electrons. The molecule has 7 nitrogen and oxygen atoms in total. The van der Waals surface area contributed by atoms with E-state index in [1.54, 1.807) is 17.5 Å². The van der Waals surface area contributed by atoms with Gasteiger partial charge in [0.05, 0.1) is 12.6 Å². The number of thiazole rings is 1. The summed E-state index contributed by atoms with van der Waals surface area (Å²) in [6.45, 7) is 7.31. The predicted octanol–water partition coefficient (Wildman–Crippen LogP) is 2.72. The standard InChI is InChI=1S/C13H20N6OS/c1-4-6-15-11-17-12(19-13(18-11)20-5-2)16-9(3)10-14-7-8-21-10/h7-9H,4-6H2,1-3H3,(H2,15,16,17,18,19). The van der Waals surface area contributed by atoms with Crippen molar-refractivity contribution in [3.8, 4) is 6.01 Å². The molecule has 2 heterocycles. The maximum Gasteiger partial charge on any atom is 0.323 e. The Labute approximate surface area is 128 Å². The Kier molecular flexibility index (Phi) is 5.68. The number of rotatable bonds is 8. The highest BCUT2D eigenvalue weighted by Gasteiger charge is 2.12. The molecule has 0 aliphatic carbocycles. The molecule has 0 bridgehead atoms. The van der Waals surface area contributed by atoms with Gasteiger partial charge < -0.3 is 15.4 Å². The zero-order chi connectivity index (χ0) is 15.1. The van der Waals surface area contributed by atoms with Crippen LogP contribution in [0.15, 0.2) is 11.6 Å².